The number of carbonyl (C=O) groups excluding carboxylic acids is 1. The minimum atomic E-state index is -0.306. The van der Waals surface area contributed by atoms with Gasteiger partial charge in [-0.1, -0.05) is 29.8 Å². The number of nitrogens with zero attached hydrogens (tertiary/aromatic N) is 2. The van der Waals surface area contributed by atoms with Crippen molar-refractivity contribution in [2.75, 3.05) is 13.6 Å². The fourth-order valence-electron chi connectivity index (χ4n) is 2.53. The molecule has 0 spiro atoms. The van der Waals surface area contributed by atoms with Crippen molar-refractivity contribution in [3.63, 3.8) is 0 Å². The van der Waals surface area contributed by atoms with Crippen molar-refractivity contribution in [2.24, 2.45) is 4.99 Å². The maximum atomic E-state index is 12.6. The molecule has 0 bridgehead atoms. The number of esters is 1. The zero-order chi connectivity index (χ0) is 19.3. The Balaban J connectivity index is 2.17. The molecule has 0 amide bonds. The molecular formula is C22H28N2O2. The first-order valence-corrected chi connectivity index (χ1v) is 8.95. The number of hydrogen-bond donors (Lipinski definition) is 0. The molecule has 0 fully saturated rings. The lowest BCUT2D eigenvalue weighted by atomic mass is 10.0. The van der Waals surface area contributed by atoms with Gasteiger partial charge in [-0.25, -0.2) is 9.79 Å². The number of aryl methyl sites for hydroxylation is 3. The fourth-order valence-corrected chi connectivity index (χ4v) is 2.53. The SMILES string of the molecule is CCN(C)C=Nc1cc(C)c(C(=O)OC(C)c2ccc(C)cc2)cc1C. The molecule has 1 atom stereocenters. The molecule has 138 valence electrons. The van der Waals surface area contributed by atoms with Crippen LogP contribution in [0.2, 0.25) is 0 Å². The molecule has 2 aromatic carbocycles. The summed E-state index contributed by atoms with van der Waals surface area (Å²) in [5.41, 5.74) is 5.44. The molecule has 0 heterocycles. The van der Waals surface area contributed by atoms with Crippen molar-refractivity contribution in [3.05, 3.63) is 64.2 Å². The maximum Gasteiger partial charge on any atom is 0.339 e. The lowest BCUT2D eigenvalue weighted by Gasteiger charge is -2.16. The van der Waals surface area contributed by atoms with Gasteiger partial charge >= 0.3 is 5.97 Å². The van der Waals surface area contributed by atoms with Gasteiger partial charge in [-0.3, -0.25) is 0 Å². The van der Waals surface area contributed by atoms with Gasteiger partial charge in [0.25, 0.3) is 0 Å². The molecule has 0 radical (unpaired) electrons. The summed E-state index contributed by atoms with van der Waals surface area (Å²) in [6.45, 7) is 10.8. The number of ether oxygens (including phenoxy) is 1. The quantitative estimate of drug-likeness (QED) is 0.410. The third-order valence-corrected chi connectivity index (χ3v) is 4.49. The monoisotopic (exact) mass is 352 g/mol. The van der Waals surface area contributed by atoms with Crippen LogP contribution in [0.3, 0.4) is 0 Å². The van der Waals surface area contributed by atoms with Gasteiger partial charge in [-0.15, -0.1) is 0 Å². The van der Waals surface area contributed by atoms with Crippen LogP contribution < -0.4 is 0 Å². The zero-order valence-corrected chi connectivity index (χ0v) is 16.5. The lowest BCUT2D eigenvalue weighted by molar-refractivity contribution is 0.0337. The highest BCUT2D eigenvalue weighted by molar-refractivity contribution is 5.92. The number of benzene rings is 2. The van der Waals surface area contributed by atoms with Crippen LogP contribution in [0.1, 0.15) is 52.6 Å². The first-order chi connectivity index (χ1) is 12.3. The largest absolute Gasteiger partial charge is 0.454 e. The Morgan fingerprint density at radius 3 is 2.42 bits per heavy atom. The molecule has 0 N–H and O–H groups in total. The second-order valence-corrected chi connectivity index (χ2v) is 6.73. The summed E-state index contributed by atoms with van der Waals surface area (Å²) in [5, 5.41) is 0. The smallest absolute Gasteiger partial charge is 0.339 e. The van der Waals surface area contributed by atoms with Crippen LogP contribution in [0.5, 0.6) is 0 Å². The van der Waals surface area contributed by atoms with Crippen LogP contribution in [0.15, 0.2) is 41.4 Å². The number of aliphatic imine (C=N–C) groups is 1. The topological polar surface area (TPSA) is 41.9 Å². The molecule has 2 aromatic rings. The Hall–Kier alpha value is -2.62. The van der Waals surface area contributed by atoms with Crippen molar-refractivity contribution in [1.82, 2.24) is 4.90 Å². The summed E-state index contributed by atoms with van der Waals surface area (Å²) in [5.74, 6) is -0.306. The molecule has 0 saturated carbocycles. The highest BCUT2D eigenvalue weighted by atomic mass is 16.5. The average Bonchev–Trinajstić information content (AvgIpc) is 2.62. The second-order valence-electron chi connectivity index (χ2n) is 6.73. The van der Waals surface area contributed by atoms with Gasteiger partial charge in [0.15, 0.2) is 0 Å². The summed E-state index contributed by atoms with van der Waals surface area (Å²) in [4.78, 5) is 19.1. The summed E-state index contributed by atoms with van der Waals surface area (Å²) >= 11 is 0. The van der Waals surface area contributed by atoms with E-state index >= 15 is 0 Å². The molecule has 0 aromatic heterocycles. The van der Waals surface area contributed by atoms with Crippen molar-refractivity contribution < 1.29 is 9.53 Å². The number of carbonyl (C=O) groups is 1. The van der Waals surface area contributed by atoms with Gasteiger partial charge in [0.05, 0.1) is 17.6 Å². The van der Waals surface area contributed by atoms with E-state index in [4.69, 9.17) is 4.74 Å². The highest BCUT2D eigenvalue weighted by Crippen LogP contribution is 2.26. The molecule has 4 heteroatoms. The number of hydrogen-bond acceptors (Lipinski definition) is 3. The van der Waals surface area contributed by atoms with E-state index in [9.17, 15) is 4.79 Å². The number of rotatable bonds is 6. The van der Waals surface area contributed by atoms with Gasteiger partial charge in [-0.05, 0) is 63.4 Å². The van der Waals surface area contributed by atoms with E-state index in [0.29, 0.717) is 5.56 Å². The Labute approximate surface area is 156 Å². The molecule has 26 heavy (non-hydrogen) atoms. The van der Waals surface area contributed by atoms with E-state index in [0.717, 1.165) is 28.9 Å². The van der Waals surface area contributed by atoms with Crippen molar-refractivity contribution >= 4 is 18.0 Å². The van der Waals surface area contributed by atoms with E-state index < -0.39 is 0 Å². The predicted molar refractivity (Wildman–Crippen MR) is 107 cm³/mol. The lowest BCUT2D eigenvalue weighted by Crippen LogP contribution is -2.14. The Morgan fingerprint density at radius 2 is 1.81 bits per heavy atom. The van der Waals surface area contributed by atoms with Gasteiger partial charge in [-0.2, -0.15) is 0 Å². The van der Waals surface area contributed by atoms with Crippen LogP contribution in [0, 0.1) is 20.8 Å². The predicted octanol–water partition coefficient (Wildman–Crippen LogP) is 5.14. The first kappa shape index (κ1) is 19.7. The van der Waals surface area contributed by atoms with E-state index in [1.807, 2.05) is 76.0 Å². The van der Waals surface area contributed by atoms with Gasteiger partial charge in [0.2, 0.25) is 0 Å². The van der Waals surface area contributed by atoms with Crippen LogP contribution in [0.25, 0.3) is 0 Å². The van der Waals surface area contributed by atoms with E-state index in [-0.39, 0.29) is 12.1 Å². The molecular weight excluding hydrogens is 324 g/mol. The van der Waals surface area contributed by atoms with Crippen LogP contribution in [0.4, 0.5) is 5.69 Å². The summed E-state index contributed by atoms with van der Waals surface area (Å²) in [7, 11) is 1.98. The summed E-state index contributed by atoms with van der Waals surface area (Å²) in [6.07, 6.45) is 1.51. The maximum absolute atomic E-state index is 12.6. The zero-order valence-electron chi connectivity index (χ0n) is 16.5. The van der Waals surface area contributed by atoms with Gasteiger partial charge in [0.1, 0.15) is 6.10 Å². The van der Waals surface area contributed by atoms with Crippen molar-refractivity contribution in [2.45, 2.75) is 40.7 Å². The van der Waals surface area contributed by atoms with Crippen LogP contribution >= 0.6 is 0 Å². The van der Waals surface area contributed by atoms with E-state index in [1.54, 1.807) is 6.34 Å². The average molecular weight is 352 g/mol. The van der Waals surface area contributed by atoms with Gasteiger partial charge in [0, 0.05) is 13.6 Å². The molecule has 1 unspecified atom stereocenters. The third-order valence-electron chi connectivity index (χ3n) is 4.49. The van der Waals surface area contributed by atoms with Crippen molar-refractivity contribution in [3.8, 4) is 0 Å². The van der Waals surface area contributed by atoms with Crippen molar-refractivity contribution in [1.29, 1.82) is 0 Å². The normalized spacial score (nSPS) is 12.2. The Bertz CT molecular complexity index is 795. The standard InChI is InChI=1S/C22H28N2O2/c1-7-24(6)14-23-21-13-16(3)20(12-17(21)4)22(25)26-18(5)19-10-8-15(2)9-11-19/h8-14,18H,7H2,1-6H3. The minimum absolute atomic E-state index is 0.293. The minimum Gasteiger partial charge on any atom is -0.454 e. The molecule has 0 saturated heterocycles. The molecule has 0 aliphatic heterocycles. The Morgan fingerprint density at radius 1 is 1.15 bits per heavy atom. The second kappa shape index (κ2) is 8.65. The third kappa shape index (κ3) is 4.94. The summed E-state index contributed by atoms with van der Waals surface area (Å²) < 4.78 is 5.67. The van der Waals surface area contributed by atoms with E-state index in [2.05, 4.69) is 11.9 Å². The molecule has 4 nitrogen and oxygen atoms in total. The molecule has 0 aliphatic rings. The highest BCUT2D eigenvalue weighted by Gasteiger charge is 2.17. The van der Waals surface area contributed by atoms with Crippen LogP contribution in [-0.2, 0) is 4.74 Å². The fraction of sp³-hybridized carbons (Fsp3) is 0.364. The van der Waals surface area contributed by atoms with E-state index in [1.165, 1.54) is 5.56 Å². The van der Waals surface area contributed by atoms with Gasteiger partial charge < -0.3 is 9.64 Å². The molecule has 2 rings (SSSR count). The first-order valence-electron chi connectivity index (χ1n) is 8.95. The van der Waals surface area contributed by atoms with Crippen LogP contribution in [-0.4, -0.2) is 30.8 Å². The Kier molecular flexibility index (Phi) is 6.56. The summed E-state index contributed by atoms with van der Waals surface area (Å²) in [6, 6.07) is 11.8. The molecule has 0 aliphatic carbocycles.